The second kappa shape index (κ2) is 9.99. The van der Waals surface area contributed by atoms with Crippen LogP contribution in [0, 0.1) is 0 Å². The van der Waals surface area contributed by atoms with Gasteiger partial charge in [0.2, 0.25) is 0 Å². The summed E-state index contributed by atoms with van der Waals surface area (Å²) in [6.45, 7) is 10.8. The van der Waals surface area contributed by atoms with Crippen molar-refractivity contribution >= 4 is 0 Å². The molecule has 27 heavy (non-hydrogen) atoms. The Bertz CT molecular complexity index is 545. The van der Waals surface area contributed by atoms with Crippen LogP contribution in [0.4, 0.5) is 0 Å². The molecule has 1 N–H and O–H groups in total. The highest BCUT2D eigenvalue weighted by Gasteiger charge is 2.53. The number of aliphatic hydroxyl groups excluding tert-OH is 1. The number of hydrogen-bond donors (Lipinski definition) is 1. The van der Waals surface area contributed by atoms with Crippen LogP contribution in [-0.2, 0) is 25.6 Å². The van der Waals surface area contributed by atoms with Crippen LogP contribution in [0.3, 0.4) is 0 Å². The van der Waals surface area contributed by atoms with Gasteiger partial charge in [0.15, 0.2) is 12.1 Å². The number of ether oxygens (including phenoxy) is 4. The maximum absolute atomic E-state index is 10.6. The standard InChI is InChI=1S/C22H36O5/c1-6-13-22(17(3)23)19(24-16-18-11-9-8-10-12-18)15-20(27-22)26-21(4,5)25-14-7-2/h8-12,17,19-20,23H,6-7,13-16H2,1-5H3. The molecule has 0 spiro atoms. The molecule has 0 aromatic heterocycles. The summed E-state index contributed by atoms with van der Waals surface area (Å²) in [5, 5.41) is 10.6. The second-order valence-electron chi connectivity index (χ2n) is 7.82. The molecule has 5 nitrogen and oxygen atoms in total. The zero-order valence-electron chi connectivity index (χ0n) is 17.4. The maximum atomic E-state index is 10.6. The molecule has 0 saturated carbocycles. The summed E-state index contributed by atoms with van der Waals surface area (Å²) in [5.74, 6) is -0.744. The van der Waals surface area contributed by atoms with Gasteiger partial charge in [-0.1, -0.05) is 50.6 Å². The zero-order chi connectivity index (χ0) is 19.9. The Morgan fingerprint density at radius 1 is 1.22 bits per heavy atom. The van der Waals surface area contributed by atoms with Crippen LogP contribution in [0.5, 0.6) is 0 Å². The lowest BCUT2D eigenvalue weighted by molar-refractivity contribution is -0.306. The fourth-order valence-electron chi connectivity index (χ4n) is 3.68. The van der Waals surface area contributed by atoms with Gasteiger partial charge in [-0.15, -0.1) is 0 Å². The molecule has 1 saturated heterocycles. The molecule has 5 heteroatoms. The minimum Gasteiger partial charge on any atom is -0.390 e. The Labute approximate surface area is 164 Å². The molecule has 1 aliphatic rings. The van der Waals surface area contributed by atoms with Crippen molar-refractivity contribution in [1.29, 1.82) is 0 Å². The molecule has 0 radical (unpaired) electrons. The van der Waals surface area contributed by atoms with Crippen molar-refractivity contribution in [2.24, 2.45) is 0 Å². The minimum absolute atomic E-state index is 0.246. The van der Waals surface area contributed by atoms with Gasteiger partial charge in [-0.05, 0) is 39.2 Å². The molecule has 2 rings (SSSR count). The van der Waals surface area contributed by atoms with Crippen LogP contribution in [0.1, 0.15) is 65.9 Å². The largest absolute Gasteiger partial charge is 0.390 e. The topological polar surface area (TPSA) is 57.2 Å². The van der Waals surface area contributed by atoms with Gasteiger partial charge in [-0.3, -0.25) is 0 Å². The van der Waals surface area contributed by atoms with Gasteiger partial charge in [0.1, 0.15) is 5.60 Å². The number of aliphatic hydroxyl groups is 1. The van der Waals surface area contributed by atoms with E-state index in [1.165, 1.54) is 0 Å². The summed E-state index contributed by atoms with van der Waals surface area (Å²) in [5.41, 5.74) is 0.333. The lowest BCUT2D eigenvalue weighted by Crippen LogP contribution is -2.50. The van der Waals surface area contributed by atoms with Gasteiger partial charge >= 0.3 is 0 Å². The molecule has 0 amide bonds. The van der Waals surface area contributed by atoms with Gasteiger partial charge < -0.3 is 24.1 Å². The van der Waals surface area contributed by atoms with E-state index in [0.717, 1.165) is 18.4 Å². The molecule has 0 bridgehead atoms. The van der Waals surface area contributed by atoms with Crippen molar-refractivity contribution < 1.29 is 24.1 Å². The first-order valence-electron chi connectivity index (χ1n) is 10.2. The Kier molecular flexibility index (Phi) is 8.25. The van der Waals surface area contributed by atoms with Crippen LogP contribution >= 0.6 is 0 Å². The number of hydrogen-bond acceptors (Lipinski definition) is 5. The van der Waals surface area contributed by atoms with Crippen LogP contribution in [-0.4, -0.2) is 41.6 Å². The highest BCUT2D eigenvalue weighted by molar-refractivity contribution is 5.13. The molecule has 4 unspecified atom stereocenters. The summed E-state index contributed by atoms with van der Waals surface area (Å²) >= 11 is 0. The molecule has 1 heterocycles. The van der Waals surface area contributed by atoms with E-state index in [9.17, 15) is 5.11 Å². The average molecular weight is 381 g/mol. The van der Waals surface area contributed by atoms with Gasteiger partial charge in [0.05, 0.1) is 18.8 Å². The molecule has 1 aromatic carbocycles. The van der Waals surface area contributed by atoms with Gasteiger partial charge in [0.25, 0.3) is 0 Å². The Hall–Kier alpha value is -0.980. The van der Waals surface area contributed by atoms with Gasteiger partial charge in [0, 0.05) is 13.0 Å². The first kappa shape index (κ1) is 22.3. The Morgan fingerprint density at radius 3 is 2.52 bits per heavy atom. The normalized spacial score (nSPS) is 27.0. The van der Waals surface area contributed by atoms with Gasteiger partial charge in [-0.2, -0.15) is 0 Å². The summed E-state index contributed by atoms with van der Waals surface area (Å²) in [4.78, 5) is 0. The van der Waals surface area contributed by atoms with Crippen molar-refractivity contribution in [2.75, 3.05) is 6.61 Å². The second-order valence-corrected chi connectivity index (χ2v) is 7.82. The summed E-state index contributed by atoms with van der Waals surface area (Å²) in [6.07, 6.45) is 1.71. The van der Waals surface area contributed by atoms with Crippen molar-refractivity contribution in [3.8, 4) is 0 Å². The molecular formula is C22H36O5. The minimum atomic E-state index is -0.769. The van der Waals surface area contributed by atoms with Crippen LogP contribution in [0.15, 0.2) is 30.3 Å². The lowest BCUT2D eigenvalue weighted by Gasteiger charge is -2.37. The van der Waals surface area contributed by atoms with E-state index in [-0.39, 0.29) is 6.10 Å². The third kappa shape index (κ3) is 6.00. The number of benzene rings is 1. The van der Waals surface area contributed by atoms with Crippen molar-refractivity contribution in [1.82, 2.24) is 0 Å². The van der Waals surface area contributed by atoms with E-state index in [1.54, 1.807) is 6.92 Å². The predicted molar refractivity (Wildman–Crippen MR) is 105 cm³/mol. The average Bonchev–Trinajstić information content (AvgIpc) is 2.97. The van der Waals surface area contributed by atoms with E-state index >= 15 is 0 Å². The van der Waals surface area contributed by atoms with E-state index in [4.69, 9.17) is 18.9 Å². The molecular weight excluding hydrogens is 344 g/mol. The summed E-state index contributed by atoms with van der Waals surface area (Å²) in [6, 6.07) is 10.1. The maximum Gasteiger partial charge on any atom is 0.165 e. The van der Waals surface area contributed by atoms with Crippen LogP contribution in [0.2, 0.25) is 0 Å². The third-order valence-corrected chi connectivity index (χ3v) is 5.01. The summed E-state index contributed by atoms with van der Waals surface area (Å²) in [7, 11) is 0. The molecule has 4 atom stereocenters. The first-order chi connectivity index (χ1) is 12.8. The zero-order valence-corrected chi connectivity index (χ0v) is 17.4. The van der Waals surface area contributed by atoms with Crippen molar-refractivity contribution in [2.45, 2.75) is 96.8 Å². The van der Waals surface area contributed by atoms with Crippen molar-refractivity contribution in [3.05, 3.63) is 35.9 Å². The van der Waals surface area contributed by atoms with Gasteiger partial charge in [-0.25, -0.2) is 0 Å². The molecule has 1 fully saturated rings. The lowest BCUT2D eigenvalue weighted by atomic mass is 9.86. The monoisotopic (exact) mass is 380 g/mol. The smallest absolute Gasteiger partial charge is 0.165 e. The quantitative estimate of drug-likeness (QED) is 0.576. The van der Waals surface area contributed by atoms with E-state index < -0.39 is 23.8 Å². The predicted octanol–water partition coefficient (Wildman–Crippen LogP) is 4.42. The SMILES string of the molecule is CCCOC(C)(C)OC1CC(OCc2ccccc2)C(CCC)(C(C)O)O1. The third-order valence-electron chi connectivity index (χ3n) is 5.01. The fourth-order valence-corrected chi connectivity index (χ4v) is 3.68. The molecule has 154 valence electrons. The highest BCUT2D eigenvalue weighted by atomic mass is 16.8. The Balaban J connectivity index is 2.10. The van der Waals surface area contributed by atoms with E-state index in [0.29, 0.717) is 26.1 Å². The van der Waals surface area contributed by atoms with Crippen molar-refractivity contribution in [3.63, 3.8) is 0 Å². The molecule has 0 aliphatic carbocycles. The fraction of sp³-hybridized carbons (Fsp3) is 0.727. The molecule has 1 aliphatic heterocycles. The van der Waals surface area contributed by atoms with Crippen LogP contribution < -0.4 is 0 Å². The van der Waals surface area contributed by atoms with Crippen LogP contribution in [0.25, 0.3) is 0 Å². The first-order valence-corrected chi connectivity index (χ1v) is 10.2. The Morgan fingerprint density at radius 2 is 1.93 bits per heavy atom. The highest BCUT2D eigenvalue weighted by Crippen LogP contribution is 2.41. The van der Waals surface area contributed by atoms with E-state index in [1.807, 2.05) is 44.2 Å². The number of rotatable bonds is 11. The summed E-state index contributed by atoms with van der Waals surface area (Å²) < 4.78 is 24.4. The molecule has 1 aromatic rings. The van der Waals surface area contributed by atoms with E-state index in [2.05, 4.69) is 13.8 Å².